The summed E-state index contributed by atoms with van der Waals surface area (Å²) in [4.78, 5) is 21.0. The van der Waals surface area contributed by atoms with Crippen molar-refractivity contribution >= 4 is 11.9 Å². The van der Waals surface area contributed by atoms with Crippen molar-refractivity contribution in [2.45, 2.75) is 46.7 Å². The van der Waals surface area contributed by atoms with Crippen LogP contribution in [-0.2, 0) is 22.6 Å². The van der Waals surface area contributed by atoms with E-state index in [0.717, 1.165) is 58.1 Å². The van der Waals surface area contributed by atoms with Gasteiger partial charge in [0.15, 0.2) is 5.96 Å². The normalized spacial score (nSPS) is 15.8. The summed E-state index contributed by atoms with van der Waals surface area (Å²) in [6, 6.07) is 8.74. The summed E-state index contributed by atoms with van der Waals surface area (Å²) in [5.41, 5.74) is 2.60. The molecule has 0 saturated carbocycles. The van der Waals surface area contributed by atoms with Gasteiger partial charge in [0.1, 0.15) is 0 Å². The molecule has 0 aromatic heterocycles. The highest BCUT2D eigenvalue weighted by molar-refractivity contribution is 5.80. The highest BCUT2D eigenvalue weighted by Gasteiger charge is 2.27. The van der Waals surface area contributed by atoms with Gasteiger partial charge in [0.25, 0.3) is 0 Å². The van der Waals surface area contributed by atoms with Crippen molar-refractivity contribution in [2.24, 2.45) is 10.9 Å². The van der Waals surface area contributed by atoms with Crippen LogP contribution in [0.15, 0.2) is 29.3 Å². The molecule has 0 bridgehead atoms. The lowest BCUT2D eigenvalue weighted by Crippen LogP contribution is -2.46. The van der Waals surface area contributed by atoms with Gasteiger partial charge in [0.05, 0.1) is 12.5 Å². The lowest BCUT2D eigenvalue weighted by atomic mass is 9.97. The number of guanidine groups is 1. The largest absolute Gasteiger partial charge is 0.466 e. The van der Waals surface area contributed by atoms with Gasteiger partial charge in [-0.15, -0.1) is 0 Å². The first kappa shape index (κ1) is 22.2. The molecule has 1 N–H and O–H groups in total. The highest BCUT2D eigenvalue weighted by Crippen LogP contribution is 2.19. The minimum absolute atomic E-state index is 0.0195. The minimum atomic E-state index is -0.0601. The molecule has 2 rings (SSSR count). The number of aliphatic imine (C=N–C) groups is 1. The molecule has 1 heterocycles. The molecule has 1 saturated heterocycles. The summed E-state index contributed by atoms with van der Waals surface area (Å²) < 4.78 is 5.16. The maximum Gasteiger partial charge on any atom is 0.309 e. The van der Waals surface area contributed by atoms with Gasteiger partial charge in [-0.2, -0.15) is 0 Å². The SMILES string of the molecule is CCOC(=O)C1CCN(C(=NC)NCc2cccc(CN(CC)CC)c2)CC1. The zero-order valence-electron chi connectivity index (χ0n) is 17.9. The number of rotatable bonds is 8. The third-order valence-corrected chi connectivity index (χ3v) is 5.37. The van der Waals surface area contributed by atoms with Crippen molar-refractivity contribution in [2.75, 3.05) is 39.8 Å². The molecular formula is C22H36N4O2. The number of ether oxygens (including phenoxy) is 1. The van der Waals surface area contributed by atoms with Crippen molar-refractivity contribution < 1.29 is 9.53 Å². The second kappa shape index (κ2) is 11.7. The number of nitrogens with zero attached hydrogens (tertiary/aromatic N) is 3. The lowest BCUT2D eigenvalue weighted by molar-refractivity contribution is -0.149. The zero-order valence-corrected chi connectivity index (χ0v) is 17.9. The van der Waals surface area contributed by atoms with Crippen LogP contribution >= 0.6 is 0 Å². The molecule has 1 aromatic rings. The van der Waals surface area contributed by atoms with Crippen molar-refractivity contribution in [1.29, 1.82) is 0 Å². The molecule has 0 radical (unpaired) electrons. The van der Waals surface area contributed by atoms with Crippen molar-refractivity contribution in [3.63, 3.8) is 0 Å². The predicted octanol–water partition coefficient (Wildman–Crippen LogP) is 2.88. The van der Waals surface area contributed by atoms with Crippen LogP contribution in [0, 0.1) is 5.92 Å². The highest BCUT2D eigenvalue weighted by atomic mass is 16.5. The Labute approximate surface area is 170 Å². The smallest absolute Gasteiger partial charge is 0.309 e. The lowest BCUT2D eigenvalue weighted by Gasteiger charge is -2.33. The number of hydrogen-bond acceptors (Lipinski definition) is 4. The van der Waals surface area contributed by atoms with Crippen LogP contribution in [-0.4, -0.2) is 61.6 Å². The summed E-state index contributed by atoms with van der Waals surface area (Å²) in [5.74, 6) is 0.859. The molecule has 0 spiro atoms. The van der Waals surface area contributed by atoms with E-state index in [9.17, 15) is 4.79 Å². The van der Waals surface area contributed by atoms with E-state index >= 15 is 0 Å². The molecule has 0 amide bonds. The number of hydrogen-bond donors (Lipinski definition) is 1. The third-order valence-electron chi connectivity index (χ3n) is 5.37. The Balaban J connectivity index is 1.87. The van der Waals surface area contributed by atoms with Crippen LogP contribution in [0.1, 0.15) is 44.7 Å². The Kier molecular flexibility index (Phi) is 9.28. The molecule has 156 valence electrons. The van der Waals surface area contributed by atoms with Crippen molar-refractivity contribution in [3.05, 3.63) is 35.4 Å². The second-order valence-corrected chi connectivity index (χ2v) is 7.20. The summed E-state index contributed by atoms with van der Waals surface area (Å²) >= 11 is 0. The number of nitrogens with one attached hydrogen (secondary N) is 1. The molecule has 0 aliphatic carbocycles. The second-order valence-electron chi connectivity index (χ2n) is 7.20. The molecule has 6 nitrogen and oxygen atoms in total. The molecule has 1 aliphatic rings. The van der Waals surface area contributed by atoms with Crippen molar-refractivity contribution in [1.82, 2.24) is 15.1 Å². The molecule has 1 fully saturated rings. The maximum atomic E-state index is 11.9. The van der Waals surface area contributed by atoms with E-state index in [0.29, 0.717) is 6.61 Å². The van der Waals surface area contributed by atoms with Crippen LogP contribution in [0.4, 0.5) is 0 Å². The van der Waals surface area contributed by atoms with Gasteiger partial charge < -0.3 is 15.0 Å². The van der Waals surface area contributed by atoms with E-state index in [4.69, 9.17) is 4.74 Å². The van der Waals surface area contributed by atoms with E-state index in [-0.39, 0.29) is 11.9 Å². The first-order chi connectivity index (χ1) is 13.6. The van der Waals surface area contributed by atoms with E-state index in [1.807, 2.05) is 14.0 Å². The van der Waals surface area contributed by atoms with Gasteiger partial charge in [0.2, 0.25) is 0 Å². The van der Waals surface area contributed by atoms with Gasteiger partial charge in [0, 0.05) is 33.2 Å². The van der Waals surface area contributed by atoms with Gasteiger partial charge in [-0.3, -0.25) is 14.7 Å². The number of carbonyl (C=O) groups is 1. The molecular weight excluding hydrogens is 352 g/mol. The van der Waals surface area contributed by atoms with Crippen LogP contribution in [0.2, 0.25) is 0 Å². The average Bonchev–Trinajstić information content (AvgIpc) is 2.73. The number of likely N-dealkylation sites (tertiary alicyclic amines) is 1. The number of piperidine rings is 1. The number of esters is 1. The van der Waals surface area contributed by atoms with Gasteiger partial charge in [-0.25, -0.2) is 0 Å². The van der Waals surface area contributed by atoms with E-state index < -0.39 is 0 Å². The fraction of sp³-hybridized carbons (Fsp3) is 0.636. The monoisotopic (exact) mass is 388 g/mol. The molecule has 6 heteroatoms. The van der Waals surface area contributed by atoms with Crippen LogP contribution in [0.3, 0.4) is 0 Å². The van der Waals surface area contributed by atoms with Crippen LogP contribution < -0.4 is 5.32 Å². The molecule has 0 unspecified atom stereocenters. The topological polar surface area (TPSA) is 57.2 Å². The summed E-state index contributed by atoms with van der Waals surface area (Å²) in [5, 5.41) is 3.48. The fourth-order valence-electron chi connectivity index (χ4n) is 3.64. The van der Waals surface area contributed by atoms with Crippen LogP contribution in [0.5, 0.6) is 0 Å². The van der Waals surface area contributed by atoms with Gasteiger partial charge in [-0.05, 0) is 44.0 Å². The third kappa shape index (κ3) is 6.51. The van der Waals surface area contributed by atoms with E-state index in [1.54, 1.807) is 0 Å². The Hall–Kier alpha value is -2.08. The van der Waals surface area contributed by atoms with Gasteiger partial charge in [-0.1, -0.05) is 38.1 Å². The number of carbonyl (C=O) groups excluding carboxylic acids is 1. The predicted molar refractivity (Wildman–Crippen MR) is 114 cm³/mol. The van der Waals surface area contributed by atoms with E-state index in [2.05, 4.69) is 58.2 Å². The zero-order chi connectivity index (χ0) is 20.4. The Morgan fingerprint density at radius 2 is 1.89 bits per heavy atom. The Morgan fingerprint density at radius 1 is 1.21 bits per heavy atom. The molecule has 28 heavy (non-hydrogen) atoms. The first-order valence-electron chi connectivity index (χ1n) is 10.5. The fourth-order valence-corrected chi connectivity index (χ4v) is 3.64. The Morgan fingerprint density at radius 3 is 2.50 bits per heavy atom. The molecule has 1 aromatic carbocycles. The molecule has 1 aliphatic heterocycles. The summed E-state index contributed by atoms with van der Waals surface area (Å²) in [6.45, 7) is 12.2. The minimum Gasteiger partial charge on any atom is -0.466 e. The first-order valence-corrected chi connectivity index (χ1v) is 10.5. The quantitative estimate of drug-likeness (QED) is 0.422. The van der Waals surface area contributed by atoms with E-state index in [1.165, 1.54) is 11.1 Å². The van der Waals surface area contributed by atoms with Crippen molar-refractivity contribution in [3.8, 4) is 0 Å². The van der Waals surface area contributed by atoms with Crippen LogP contribution in [0.25, 0.3) is 0 Å². The maximum absolute atomic E-state index is 11.9. The number of benzene rings is 1. The standard InChI is InChI=1S/C22H36N4O2/c1-5-25(6-2)17-19-10-8-9-18(15-19)16-24-22(23-4)26-13-11-20(12-14-26)21(27)28-7-3/h8-10,15,20H,5-7,11-14,16-17H2,1-4H3,(H,23,24). The Bertz CT molecular complexity index is 635. The average molecular weight is 389 g/mol. The summed E-state index contributed by atoms with van der Waals surface area (Å²) in [7, 11) is 1.82. The van der Waals surface area contributed by atoms with Gasteiger partial charge >= 0.3 is 5.97 Å². The summed E-state index contributed by atoms with van der Waals surface area (Å²) in [6.07, 6.45) is 1.64. The molecule has 0 atom stereocenters.